The van der Waals surface area contributed by atoms with Gasteiger partial charge in [0.1, 0.15) is 5.69 Å². The van der Waals surface area contributed by atoms with E-state index in [1.807, 2.05) is 4.98 Å². The van der Waals surface area contributed by atoms with E-state index < -0.39 is 29.0 Å². The zero-order chi connectivity index (χ0) is 16.6. The number of aromatic amines is 1. The molecule has 2 unspecified atom stereocenters. The fraction of sp³-hybridized carbons (Fsp3) is 0.571. The normalized spacial score (nSPS) is 24.4. The molecule has 2 heterocycles. The monoisotopic (exact) mass is 331 g/mol. The Morgan fingerprint density at radius 2 is 2.17 bits per heavy atom. The fourth-order valence-electron chi connectivity index (χ4n) is 3.11. The van der Waals surface area contributed by atoms with Crippen molar-refractivity contribution in [1.82, 2.24) is 9.88 Å². The number of H-pyrrole nitrogens is 1. The maximum atomic E-state index is 12.7. The van der Waals surface area contributed by atoms with Gasteiger partial charge >= 0.3 is 12.2 Å². The van der Waals surface area contributed by atoms with Crippen LogP contribution in [0.1, 0.15) is 24.8 Å². The van der Waals surface area contributed by atoms with E-state index in [-0.39, 0.29) is 12.1 Å². The summed E-state index contributed by atoms with van der Waals surface area (Å²) in [5.41, 5.74) is -2.21. The second-order valence-corrected chi connectivity index (χ2v) is 5.66. The van der Waals surface area contributed by atoms with Crippen LogP contribution in [0.5, 0.6) is 0 Å². The Kier molecular flexibility index (Phi) is 4.05. The molecule has 1 saturated carbocycles. The first-order valence-electron chi connectivity index (χ1n) is 7.35. The molecule has 2 aliphatic rings. The van der Waals surface area contributed by atoms with Gasteiger partial charge in [-0.15, -0.1) is 0 Å². The molecule has 2 N–H and O–H groups in total. The lowest BCUT2D eigenvalue weighted by Crippen LogP contribution is -2.52. The number of carbonyl (C=O) groups is 1. The number of aromatic nitrogens is 1. The molecule has 0 bridgehead atoms. The number of amides is 2. The van der Waals surface area contributed by atoms with Gasteiger partial charge in [-0.25, -0.2) is 4.79 Å². The summed E-state index contributed by atoms with van der Waals surface area (Å²) in [4.78, 5) is 27.6. The number of alkyl halides is 3. The van der Waals surface area contributed by atoms with E-state index in [0.717, 1.165) is 19.3 Å². The number of morpholine rings is 1. The highest BCUT2D eigenvalue weighted by Gasteiger charge is 2.38. The molecule has 2 amide bonds. The Labute approximate surface area is 129 Å². The van der Waals surface area contributed by atoms with Crippen LogP contribution < -0.4 is 10.9 Å². The molecule has 0 aromatic carbocycles. The van der Waals surface area contributed by atoms with E-state index in [1.54, 1.807) is 4.90 Å². The predicted octanol–water partition coefficient (Wildman–Crippen LogP) is 2.18. The minimum atomic E-state index is -4.60. The molecule has 1 aliphatic carbocycles. The first-order valence-corrected chi connectivity index (χ1v) is 7.35. The van der Waals surface area contributed by atoms with Crippen molar-refractivity contribution in [3.63, 3.8) is 0 Å². The summed E-state index contributed by atoms with van der Waals surface area (Å²) in [6.07, 6.45) is -1.47. The Morgan fingerprint density at radius 1 is 1.39 bits per heavy atom. The van der Waals surface area contributed by atoms with Gasteiger partial charge in [0.15, 0.2) is 0 Å². The number of nitrogens with zero attached hydrogens (tertiary/aromatic N) is 1. The van der Waals surface area contributed by atoms with Gasteiger partial charge in [-0.1, -0.05) is 0 Å². The fourth-order valence-corrected chi connectivity index (χ4v) is 3.11. The molecular weight excluding hydrogens is 315 g/mol. The number of halogens is 3. The van der Waals surface area contributed by atoms with Crippen LogP contribution in [0.25, 0.3) is 0 Å². The van der Waals surface area contributed by atoms with Crippen molar-refractivity contribution in [2.45, 2.75) is 37.6 Å². The average Bonchev–Trinajstić information content (AvgIpc) is 2.96. The first-order chi connectivity index (χ1) is 10.9. The second kappa shape index (κ2) is 5.88. The van der Waals surface area contributed by atoms with Crippen molar-refractivity contribution in [2.24, 2.45) is 0 Å². The maximum Gasteiger partial charge on any atom is 0.417 e. The van der Waals surface area contributed by atoms with Crippen LogP contribution in [-0.2, 0) is 10.9 Å². The topological polar surface area (TPSA) is 74.4 Å². The predicted molar refractivity (Wildman–Crippen MR) is 75.2 cm³/mol. The summed E-state index contributed by atoms with van der Waals surface area (Å²) in [5, 5.41) is 2.29. The average molecular weight is 331 g/mol. The standard InChI is InChI=1S/C14H16F3N3O3/c15-14(16,17)8-6-9(12(21)18-7-8)19-13(22)20-4-5-23-11-3-1-2-10(11)20/h6-7,10-11H,1-5H2,(H,18,21)(H,19,22). The maximum absolute atomic E-state index is 12.7. The van der Waals surface area contributed by atoms with Crippen molar-refractivity contribution in [2.75, 3.05) is 18.5 Å². The number of nitrogens with one attached hydrogen (secondary N) is 2. The van der Waals surface area contributed by atoms with Crippen molar-refractivity contribution < 1.29 is 22.7 Å². The molecule has 1 aromatic rings. The van der Waals surface area contributed by atoms with Crippen LogP contribution >= 0.6 is 0 Å². The van der Waals surface area contributed by atoms with Gasteiger partial charge in [0.25, 0.3) is 5.56 Å². The number of urea groups is 1. The molecule has 23 heavy (non-hydrogen) atoms. The summed E-state index contributed by atoms with van der Waals surface area (Å²) in [6.45, 7) is 0.734. The first kappa shape index (κ1) is 15.9. The van der Waals surface area contributed by atoms with Crippen LogP contribution in [0.4, 0.5) is 23.7 Å². The third-order valence-electron chi connectivity index (χ3n) is 4.22. The highest BCUT2D eigenvalue weighted by atomic mass is 19.4. The van der Waals surface area contributed by atoms with E-state index in [0.29, 0.717) is 25.4 Å². The summed E-state index contributed by atoms with van der Waals surface area (Å²) in [5.74, 6) is 0. The smallest absolute Gasteiger partial charge is 0.374 e. The van der Waals surface area contributed by atoms with Gasteiger partial charge in [0.05, 0.1) is 24.3 Å². The van der Waals surface area contributed by atoms with Gasteiger partial charge in [-0.3, -0.25) is 4.79 Å². The lowest BCUT2D eigenvalue weighted by Gasteiger charge is -2.37. The summed E-state index contributed by atoms with van der Waals surface area (Å²) in [7, 11) is 0. The lowest BCUT2D eigenvalue weighted by atomic mass is 10.1. The molecule has 0 spiro atoms. The molecule has 126 valence electrons. The lowest BCUT2D eigenvalue weighted by molar-refractivity contribution is -0.137. The number of rotatable bonds is 1. The highest BCUT2D eigenvalue weighted by molar-refractivity contribution is 5.89. The highest BCUT2D eigenvalue weighted by Crippen LogP contribution is 2.31. The van der Waals surface area contributed by atoms with Gasteiger partial charge in [0.2, 0.25) is 0 Å². The molecule has 1 aromatic heterocycles. The Morgan fingerprint density at radius 3 is 2.91 bits per heavy atom. The van der Waals surface area contributed by atoms with Crippen LogP contribution in [0.2, 0.25) is 0 Å². The van der Waals surface area contributed by atoms with E-state index >= 15 is 0 Å². The number of pyridine rings is 1. The summed E-state index contributed by atoms with van der Waals surface area (Å²) >= 11 is 0. The van der Waals surface area contributed by atoms with Crippen LogP contribution in [-0.4, -0.2) is 41.2 Å². The molecule has 1 aliphatic heterocycles. The molecule has 3 rings (SSSR count). The van der Waals surface area contributed by atoms with E-state index in [1.165, 1.54) is 0 Å². The minimum Gasteiger partial charge on any atom is -0.374 e. The van der Waals surface area contributed by atoms with Crippen molar-refractivity contribution in [3.05, 3.63) is 28.2 Å². The van der Waals surface area contributed by atoms with Gasteiger partial charge in [-0.05, 0) is 25.3 Å². The van der Waals surface area contributed by atoms with Crippen LogP contribution in [0, 0.1) is 0 Å². The van der Waals surface area contributed by atoms with E-state index in [9.17, 15) is 22.8 Å². The summed E-state index contributed by atoms with van der Waals surface area (Å²) in [6, 6.07) is -0.0211. The number of ether oxygens (including phenoxy) is 1. The van der Waals surface area contributed by atoms with Gasteiger partial charge in [0, 0.05) is 12.7 Å². The Hall–Kier alpha value is -2.03. The zero-order valence-electron chi connectivity index (χ0n) is 12.2. The minimum absolute atomic E-state index is 0.0331. The van der Waals surface area contributed by atoms with Gasteiger partial charge < -0.3 is 19.9 Å². The number of hydrogen-bond acceptors (Lipinski definition) is 3. The van der Waals surface area contributed by atoms with Gasteiger partial charge in [-0.2, -0.15) is 13.2 Å². The van der Waals surface area contributed by atoms with Crippen molar-refractivity contribution in [1.29, 1.82) is 0 Å². The summed E-state index contributed by atoms with van der Waals surface area (Å²) < 4.78 is 43.7. The van der Waals surface area contributed by atoms with Crippen molar-refractivity contribution in [3.8, 4) is 0 Å². The Balaban J connectivity index is 1.78. The van der Waals surface area contributed by atoms with Crippen LogP contribution in [0.15, 0.2) is 17.1 Å². The van der Waals surface area contributed by atoms with Crippen LogP contribution in [0.3, 0.4) is 0 Å². The number of carbonyl (C=O) groups excluding carboxylic acids is 1. The number of anilines is 1. The van der Waals surface area contributed by atoms with Crippen molar-refractivity contribution >= 4 is 11.7 Å². The molecule has 2 fully saturated rings. The third kappa shape index (κ3) is 3.19. The molecule has 1 saturated heterocycles. The van der Waals surface area contributed by atoms with E-state index in [4.69, 9.17) is 4.74 Å². The zero-order valence-corrected chi connectivity index (χ0v) is 12.2. The molecule has 0 radical (unpaired) electrons. The molecular formula is C14H16F3N3O3. The molecule has 2 atom stereocenters. The quantitative estimate of drug-likeness (QED) is 0.828. The number of fused-ring (bicyclic) bond motifs is 1. The van der Waals surface area contributed by atoms with E-state index in [2.05, 4.69) is 5.32 Å². The second-order valence-electron chi connectivity index (χ2n) is 5.66. The third-order valence-corrected chi connectivity index (χ3v) is 4.22. The number of hydrogen-bond donors (Lipinski definition) is 2. The SMILES string of the molecule is O=C(Nc1cc(C(F)(F)F)c[nH]c1=O)N1CCOC2CCCC21. The largest absolute Gasteiger partial charge is 0.417 e. The Bertz CT molecular complexity index is 659. The molecule has 9 heteroatoms. The molecule has 6 nitrogen and oxygen atoms in total.